The van der Waals surface area contributed by atoms with Gasteiger partial charge >= 0.3 is 12.1 Å². The van der Waals surface area contributed by atoms with Crippen LogP contribution in [0.3, 0.4) is 0 Å². The summed E-state index contributed by atoms with van der Waals surface area (Å²) in [7, 11) is 3.89. The summed E-state index contributed by atoms with van der Waals surface area (Å²) in [5, 5.41) is 3.78. The van der Waals surface area contributed by atoms with Crippen molar-refractivity contribution in [2.45, 2.75) is 82.4 Å². The maximum Gasteiger partial charge on any atom is 0.471 e. The van der Waals surface area contributed by atoms with Gasteiger partial charge < -0.3 is 28.7 Å². The number of amides is 1. The van der Waals surface area contributed by atoms with Crippen molar-refractivity contribution < 1.29 is 31.9 Å². The smallest absolute Gasteiger partial charge is 0.405 e. The quantitative estimate of drug-likeness (QED) is 0.0301. The third kappa shape index (κ3) is 10.9. The number of ether oxygens (including phenoxy) is 2. The van der Waals surface area contributed by atoms with E-state index >= 15 is 0 Å². The number of nitrogens with zero attached hydrogens (tertiary/aromatic N) is 4. The fourth-order valence-electron chi connectivity index (χ4n) is 6.54. The molecule has 3 atom stereocenters. The molecule has 1 amide bonds. The Morgan fingerprint density at radius 1 is 1.09 bits per heavy atom. The summed E-state index contributed by atoms with van der Waals surface area (Å²) in [4.78, 5) is 38.2. The second-order valence-electron chi connectivity index (χ2n) is 15.7. The lowest BCUT2D eigenvalue weighted by atomic mass is 10.2. The van der Waals surface area contributed by atoms with E-state index in [9.17, 15) is 22.8 Å². The molecule has 17 heteroatoms. The number of hydrogen-bond donors (Lipinski definition) is 2. The molecule has 11 nitrogen and oxygen atoms in total. The first-order valence-corrected chi connectivity index (χ1v) is 22.5. The van der Waals surface area contributed by atoms with Crippen LogP contribution in [0.4, 0.5) is 19.1 Å². The lowest BCUT2D eigenvalue weighted by Crippen LogP contribution is -2.67. The van der Waals surface area contributed by atoms with Crippen LogP contribution in [-0.4, -0.2) is 96.3 Å². The number of halogens is 3. The number of carbonyl (C=O) groups excluding carboxylic acids is 1. The van der Waals surface area contributed by atoms with Gasteiger partial charge in [0.15, 0.2) is 5.65 Å². The van der Waals surface area contributed by atoms with Crippen molar-refractivity contribution in [2.24, 2.45) is 4.99 Å². The third-order valence-electron chi connectivity index (χ3n) is 8.91. The molecule has 1 fully saturated rings. The topological polar surface area (TPSA) is 123 Å². The number of aliphatic imine (C=N–C) groups is 1. The van der Waals surface area contributed by atoms with Crippen LogP contribution < -0.4 is 21.2 Å². The van der Waals surface area contributed by atoms with E-state index in [-0.39, 0.29) is 38.9 Å². The standard InChI is InChI=1S/C40H49F3N6O5S2Si/c1-38(2,3)56-55-26-52-30-22-32(54-31(30)24-53-57(39(4,5)6,28-17-11-9-12-18-28)29-19-13-10-14-20-29)49-23-27(16-15-21-44-36(51)40(41,42)43)33-34(49)46-37(47-35(33)50)45-25-48(7)8/h9-14,17-20,23,25,30-32H,21-22,24,26H2,1-8H3,(H,44,51)(H,46,47,50)/t30?,31-,32-/m1/s1. The minimum atomic E-state index is -5.05. The number of H-pyrrole nitrogens is 1. The molecule has 1 aliphatic heterocycles. The van der Waals surface area contributed by atoms with Crippen LogP contribution in [0.25, 0.3) is 11.0 Å². The normalized spacial score (nSPS) is 17.8. The third-order valence-corrected chi connectivity index (χ3v) is 16.9. The summed E-state index contributed by atoms with van der Waals surface area (Å²) in [6.07, 6.45) is -3.30. The van der Waals surface area contributed by atoms with Gasteiger partial charge in [0.1, 0.15) is 18.3 Å². The van der Waals surface area contributed by atoms with Crippen molar-refractivity contribution in [1.82, 2.24) is 24.8 Å². The highest BCUT2D eigenvalue weighted by Crippen LogP contribution is 2.41. The molecule has 1 saturated heterocycles. The first-order valence-electron chi connectivity index (χ1n) is 18.3. The summed E-state index contributed by atoms with van der Waals surface area (Å²) >= 11 is 0. The van der Waals surface area contributed by atoms with E-state index in [1.54, 1.807) is 56.7 Å². The molecule has 1 aliphatic rings. The Hall–Kier alpha value is -4.05. The van der Waals surface area contributed by atoms with Gasteiger partial charge in [-0.15, -0.1) is 0 Å². The number of aromatic amines is 1. The molecule has 0 aliphatic carbocycles. The van der Waals surface area contributed by atoms with Gasteiger partial charge in [-0.25, -0.2) is 4.99 Å². The Morgan fingerprint density at radius 3 is 2.28 bits per heavy atom. The number of rotatable bonds is 13. The molecule has 5 rings (SSSR count). The zero-order valence-electron chi connectivity index (χ0n) is 33.3. The first-order chi connectivity index (χ1) is 26.8. The largest absolute Gasteiger partial charge is 0.471 e. The number of benzene rings is 2. The van der Waals surface area contributed by atoms with Crippen molar-refractivity contribution in [1.29, 1.82) is 0 Å². The molecule has 4 aromatic rings. The van der Waals surface area contributed by atoms with Gasteiger partial charge in [0.05, 0.1) is 36.5 Å². The lowest BCUT2D eigenvalue weighted by molar-refractivity contribution is -0.173. The van der Waals surface area contributed by atoms with Gasteiger partial charge in [-0.1, -0.05) is 136 Å². The van der Waals surface area contributed by atoms with E-state index in [4.69, 9.17) is 13.9 Å². The second kappa shape index (κ2) is 18.3. The fourth-order valence-corrected chi connectivity index (χ4v) is 13.1. The highest BCUT2D eigenvalue weighted by atomic mass is 33.1. The summed E-state index contributed by atoms with van der Waals surface area (Å²) in [5.41, 5.74) is -0.155. The Kier molecular flexibility index (Phi) is 14.1. The summed E-state index contributed by atoms with van der Waals surface area (Å²) in [6.45, 7) is 12.6. The minimum absolute atomic E-state index is 0.0110. The number of nitrogens with one attached hydrogen (secondary N) is 2. The van der Waals surface area contributed by atoms with Crippen molar-refractivity contribution in [3.63, 3.8) is 0 Å². The summed E-state index contributed by atoms with van der Waals surface area (Å²) in [5.74, 6) is 3.59. The molecule has 0 bridgehead atoms. The number of hydrogen-bond acceptors (Lipinski definition) is 9. The van der Waals surface area contributed by atoms with Gasteiger partial charge in [0.2, 0.25) is 5.95 Å². The molecule has 0 saturated carbocycles. The monoisotopic (exact) mass is 842 g/mol. The Bertz CT molecular complexity index is 2100. The highest BCUT2D eigenvalue weighted by molar-refractivity contribution is 8.77. The number of fused-ring (bicyclic) bond motifs is 1. The van der Waals surface area contributed by atoms with E-state index < -0.39 is 50.9 Å². The van der Waals surface area contributed by atoms with Crippen LogP contribution in [0.1, 0.15) is 59.8 Å². The molecule has 3 heterocycles. The van der Waals surface area contributed by atoms with Crippen LogP contribution in [0.15, 0.2) is 76.6 Å². The van der Waals surface area contributed by atoms with Crippen LogP contribution in [0, 0.1) is 11.8 Å². The number of aromatic nitrogens is 3. The molecule has 306 valence electrons. The maximum atomic E-state index is 13.6. The Morgan fingerprint density at radius 2 is 1.72 bits per heavy atom. The van der Waals surface area contributed by atoms with Crippen molar-refractivity contribution >= 4 is 69.5 Å². The van der Waals surface area contributed by atoms with Gasteiger partial charge in [0, 0.05) is 31.5 Å². The molecule has 57 heavy (non-hydrogen) atoms. The zero-order chi connectivity index (χ0) is 41.6. The number of carbonyl (C=O) groups is 1. The predicted molar refractivity (Wildman–Crippen MR) is 225 cm³/mol. The van der Waals surface area contributed by atoms with Crippen LogP contribution in [0.2, 0.25) is 5.04 Å². The average Bonchev–Trinajstić information content (AvgIpc) is 3.72. The van der Waals surface area contributed by atoms with E-state index in [0.717, 1.165) is 10.4 Å². The van der Waals surface area contributed by atoms with E-state index in [1.165, 1.54) is 6.34 Å². The van der Waals surface area contributed by atoms with Crippen LogP contribution in [0.5, 0.6) is 0 Å². The molecule has 1 unspecified atom stereocenters. The number of alkyl halides is 3. The highest BCUT2D eigenvalue weighted by Gasteiger charge is 2.51. The molecule has 0 spiro atoms. The molecule has 2 aromatic heterocycles. The zero-order valence-corrected chi connectivity index (χ0v) is 35.9. The molecular weight excluding hydrogens is 794 g/mol. The SMILES string of the molecule is CN(C)C=Nc1nc2c(c(C#CCNC(=O)C(F)(F)F)cn2[C@H]2CC(OCSSC(C)(C)C)[C@@H](CO[Si](c3ccccc3)(c3ccccc3)C(C)(C)C)O2)c(=O)[nH]1. The predicted octanol–water partition coefficient (Wildman–Crippen LogP) is 6.36. The van der Waals surface area contributed by atoms with Crippen LogP contribution >= 0.6 is 21.6 Å². The average molecular weight is 843 g/mol. The molecular formula is C40H49F3N6O5S2Si. The van der Waals surface area contributed by atoms with E-state index in [2.05, 4.69) is 92.6 Å². The van der Waals surface area contributed by atoms with Crippen molar-refractivity contribution in [3.8, 4) is 11.8 Å². The van der Waals surface area contributed by atoms with E-state index in [1.807, 2.05) is 36.4 Å². The van der Waals surface area contributed by atoms with Gasteiger partial charge in [-0.2, -0.15) is 18.2 Å². The fraction of sp³-hybridized carbons (Fsp3) is 0.450. The second-order valence-corrected chi connectivity index (χ2v) is 23.1. The first kappa shape index (κ1) is 44.1. The van der Waals surface area contributed by atoms with Crippen LogP contribution in [-0.2, 0) is 18.7 Å². The molecule has 0 radical (unpaired) electrons. The van der Waals surface area contributed by atoms with Gasteiger partial charge in [0.25, 0.3) is 13.9 Å². The van der Waals surface area contributed by atoms with Crippen molar-refractivity contribution in [2.75, 3.05) is 33.2 Å². The van der Waals surface area contributed by atoms with Crippen molar-refractivity contribution in [3.05, 3.63) is 82.8 Å². The Balaban J connectivity index is 1.55. The lowest BCUT2D eigenvalue weighted by Gasteiger charge is -2.43. The molecule has 2 aromatic carbocycles. The maximum absolute atomic E-state index is 13.6. The summed E-state index contributed by atoms with van der Waals surface area (Å²) in [6, 6.07) is 20.6. The van der Waals surface area contributed by atoms with Gasteiger partial charge in [-0.3, -0.25) is 14.6 Å². The Labute approximate surface area is 340 Å². The summed E-state index contributed by atoms with van der Waals surface area (Å²) < 4.78 is 60.7. The minimum Gasteiger partial charge on any atom is -0.405 e. The van der Waals surface area contributed by atoms with Gasteiger partial charge in [-0.05, 0) is 15.4 Å². The molecule has 2 N–H and O–H groups in total. The van der Waals surface area contributed by atoms with E-state index in [0.29, 0.717) is 12.4 Å².